The topological polar surface area (TPSA) is 24.5 Å². The lowest BCUT2D eigenvalue weighted by molar-refractivity contribution is 0.0549. The van der Waals surface area contributed by atoms with Gasteiger partial charge < -0.3 is 4.90 Å². The number of hydrogen-bond acceptors (Lipinski definition) is 3. The number of nitrogens with one attached hydrogen (secondary N) is 1. The minimum absolute atomic E-state index is 0.767. The molecule has 0 aromatic heterocycles. The summed E-state index contributed by atoms with van der Waals surface area (Å²) in [6.07, 6.45) is 54.4. The Morgan fingerprint density at radius 1 is 0.489 bits per heavy atom. The second kappa shape index (κ2) is 38.6. The quantitative estimate of drug-likeness (QED) is 0.0430. The molecule has 262 valence electrons. The first kappa shape index (κ1) is 43.4. The Hall–Kier alpha value is -1.58. The lowest BCUT2D eigenvalue weighted by Gasteiger charge is -2.13. The molecule has 0 bridgehead atoms. The van der Waals surface area contributed by atoms with Crippen molar-refractivity contribution >= 4 is 0 Å². The summed E-state index contributed by atoms with van der Waals surface area (Å²) in [7, 11) is 4.24. The maximum atomic E-state index is 5.84. The number of rotatable bonds is 35. The first-order chi connectivity index (χ1) is 22.2. The largest absolute Gasteiger partial charge is 0.309 e. The number of unbranched alkanes of at least 4 members (excludes halogenated alkanes) is 18. The second-order valence-corrected chi connectivity index (χ2v) is 13.2. The van der Waals surface area contributed by atoms with Gasteiger partial charge in [0.05, 0.1) is 6.61 Å². The molecule has 0 aromatic carbocycles. The first-order valence-electron chi connectivity index (χ1n) is 19.5. The molecule has 1 N–H and O–H groups in total. The highest BCUT2D eigenvalue weighted by molar-refractivity contribution is 4.97. The van der Waals surface area contributed by atoms with E-state index >= 15 is 0 Å². The van der Waals surface area contributed by atoms with Crippen molar-refractivity contribution in [1.29, 1.82) is 0 Å². The van der Waals surface area contributed by atoms with Gasteiger partial charge in [0.15, 0.2) is 0 Å². The van der Waals surface area contributed by atoms with E-state index in [-0.39, 0.29) is 0 Å². The van der Waals surface area contributed by atoms with Gasteiger partial charge in [0.1, 0.15) is 0 Å². The Labute approximate surface area is 283 Å². The minimum Gasteiger partial charge on any atom is -0.309 e. The van der Waals surface area contributed by atoms with Gasteiger partial charge in [-0.25, -0.2) is 0 Å². The van der Waals surface area contributed by atoms with Crippen molar-refractivity contribution in [3.05, 3.63) is 60.4 Å². The summed E-state index contributed by atoms with van der Waals surface area (Å²) < 4.78 is 0. The maximum absolute atomic E-state index is 5.84. The van der Waals surface area contributed by atoms with E-state index in [4.69, 9.17) is 4.84 Å². The standard InChI is InChI=1S/C42H78N2O/c1-5-7-9-11-13-15-17-19-21-23-25-27-29-31-33-35-38-42(43-45-41-37-40-44(3)4)39-36-34-32-30-28-26-24-22-20-18-16-14-12-10-8-6-2/h13-16,19-22,38,43H,5-12,17-18,23-37,39-41H2,1-4H3/b15-13?,16-14?,21-19?,22-20?,42-38+. The fraction of sp³-hybridized carbons (Fsp3) is 0.762. The van der Waals surface area contributed by atoms with Crippen LogP contribution in [0.4, 0.5) is 0 Å². The summed E-state index contributed by atoms with van der Waals surface area (Å²) in [6, 6.07) is 0. The first-order valence-corrected chi connectivity index (χ1v) is 19.5. The minimum atomic E-state index is 0.767. The van der Waals surface area contributed by atoms with Crippen LogP contribution in [-0.2, 0) is 4.84 Å². The van der Waals surface area contributed by atoms with Gasteiger partial charge in [0, 0.05) is 5.70 Å². The Morgan fingerprint density at radius 3 is 1.38 bits per heavy atom. The highest BCUT2D eigenvalue weighted by atomic mass is 16.6. The van der Waals surface area contributed by atoms with Crippen LogP contribution in [0.3, 0.4) is 0 Å². The smallest absolute Gasteiger partial charge is 0.0758 e. The molecule has 0 radical (unpaired) electrons. The van der Waals surface area contributed by atoms with E-state index in [1.165, 1.54) is 141 Å². The van der Waals surface area contributed by atoms with E-state index in [2.05, 4.69) is 93.0 Å². The number of hydroxylamine groups is 1. The van der Waals surface area contributed by atoms with Crippen molar-refractivity contribution in [3.8, 4) is 0 Å². The molecule has 0 unspecified atom stereocenters. The lowest BCUT2D eigenvalue weighted by atomic mass is 10.1. The molecule has 3 heteroatoms. The Balaban J connectivity index is 3.97. The maximum Gasteiger partial charge on any atom is 0.0758 e. The zero-order valence-electron chi connectivity index (χ0n) is 30.9. The molecule has 0 aliphatic rings. The van der Waals surface area contributed by atoms with Crippen LogP contribution in [0, 0.1) is 0 Å². The van der Waals surface area contributed by atoms with Crippen molar-refractivity contribution in [3.63, 3.8) is 0 Å². The highest BCUT2D eigenvalue weighted by Crippen LogP contribution is 2.14. The van der Waals surface area contributed by atoms with E-state index in [1.807, 2.05) is 0 Å². The Kier molecular flexibility index (Phi) is 37.2. The number of hydrogen-bond donors (Lipinski definition) is 1. The molecule has 0 aliphatic heterocycles. The molecule has 0 rings (SSSR count). The van der Waals surface area contributed by atoms with Crippen LogP contribution in [0.1, 0.15) is 181 Å². The van der Waals surface area contributed by atoms with Gasteiger partial charge >= 0.3 is 0 Å². The molecule has 3 nitrogen and oxygen atoms in total. The van der Waals surface area contributed by atoms with Crippen LogP contribution in [-0.4, -0.2) is 32.1 Å². The summed E-state index contributed by atoms with van der Waals surface area (Å²) in [5.74, 6) is 0. The zero-order valence-corrected chi connectivity index (χ0v) is 30.9. The molecule has 45 heavy (non-hydrogen) atoms. The fourth-order valence-corrected chi connectivity index (χ4v) is 5.33. The number of allylic oxidation sites excluding steroid dienone is 10. The molecular formula is C42H78N2O. The predicted molar refractivity (Wildman–Crippen MR) is 204 cm³/mol. The van der Waals surface area contributed by atoms with Gasteiger partial charge in [0.25, 0.3) is 0 Å². The molecular weight excluding hydrogens is 548 g/mol. The summed E-state index contributed by atoms with van der Waals surface area (Å²) in [5, 5.41) is 0. The molecule has 0 aliphatic carbocycles. The second-order valence-electron chi connectivity index (χ2n) is 13.2. The molecule has 0 aromatic rings. The third-order valence-electron chi connectivity index (χ3n) is 8.25. The van der Waals surface area contributed by atoms with E-state index in [1.54, 1.807) is 0 Å². The van der Waals surface area contributed by atoms with Crippen LogP contribution >= 0.6 is 0 Å². The van der Waals surface area contributed by atoms with E-state index < -0.39 is 0 Å². The molecule has 0 fully saturated rings. The van der Waals surface area contributed by atoms with Gasteiger partial charge in [0.2, 0.25) is 0 Å². The Morgan fingerprint density at radius 2 is 0.911 bits per heavy atom. The van der Waals surface area contributed by atoms with Crippen molar-refractivity contribution in [1.82, 2.24) is 10.4 Å². The number of nitrogens with zero attached hydrogens (tertiary/aromatic N) is 1. The Bertz CT molecular complexity index is 718. The van der Waals surface area contributed by atoms with Gasteiger partial charge in [-0.05, 0) is 117 Å². The van der Waals surface area contributed by atoms with Gasteiger partial charge in [-0.15, -0.1) is 0 Å². The van der Waals surface area contributed by atoms with E-state index in [0.717, 1.165) is 45.3 Å². The third-order valence-corrected chi connectivity index (χ3v) is 8.25. The molecule has 0 saturated carbocycles. The monoisotopic (exact) mass is 627 g/mol. The molecule has 0 heterocycles. The van der Waals surface area contributed by atoms with Crippen molar-refractivity contribution in [2.24, 2.45) is 0 Å². The predicted octanol–water partition coefficient (Wildman–Crippen LogP) is 13.4. The third kappa shape index (κ3) is 38.5. The van der Waals surface area contributed by atoms with Crippen molar-refractivity contribution in [2.75, 3.05) is 27.2 Å². The SMILES string of the molecule is CCCCCC=CCC=CCCCCCCC/C=C(\CCCCCCCCC=CCC=CCCCCC)NOCCCN(C)C. The summed E-state index contributed by atoms with van der Waals surface area (Å²) >= 11 is 0. The fourth-order valence-electron chi connectivity index (χ4n) is 5.33. The van der Waals surface area contributed by atoms with Gasteiger partial charge in [-0.2, -0.15) is 0 Å². The molecule has 0 spiro atoms. The van der Waals surface area contributed by atoms with Gasteiger partial charge in [-0.3, -0.25) is 10.3 Å². The van der Waals surface area contributed by atoms with E-state index in [9.17, 15) is 0 Å². The summed E-state index contributed by atoms with van der Waals surface area (Å²) in [4.78, 5) is 8.06. The average molecular weight is 627 g/mol. The van der Waals surface area contributed by atoms with Crippen LogP contribution in [0.25, 0.3) is 0 Å². The molecule has 0 atom stereocenters. The lowest BCUT2D eigenvalue weighted by Crippen LogP contribution is -2.19. The summed E-state index contributed by atoms with van der Waals surface area (Å²) in [6.45, 7) is 6.37. The van der Waals surface area contributed by atoms with Crippen molar-refractivity contribution in [2.45, 2.75) is 181 Å². The van der Waals surface area contributed by atoms with Crippen LogP contribution in [0.5, 0.6) is 0 Å². The molecule has 0 amide bonds. The van der Waals surface area contributed by atoms with Gasteiger partial charge in [-0.1, -0.05) is 139 Å². The average Bonchev–Trinajstić information content (AvgIpc) is 3.03. The normalized spacial score (nSPS) is 12.8. The molecule has 0 saturated heterocycles. The zero-order chi connectivity index (χ0) is 32.7. The van der Waals surface area contributed by atoms with E-state index in [0.29, 0.717) is 0 Å². The van der Waals surface area contributed by atoms with Crippen LogP contribution in [0.15, 0.2) is 60.4 Å². The highest BCUT2D eigenvalue weighted by Gasteiger charge is 2.00. The van der Waals surface area contributed by atoms with Crippen LogP contribution < -0.4 is 5.48 Å². The summed E-state index contributed by atoms with van der Waals surface area (Å²) in [5.41, 5.74) is 4.62. The van der Waals surface area contributed by atoms with Crippen molar-refractivity contribution < 1.29 is 4.84 Å². The van der Waals surface area contributed by atoms with Crippen LogP contribution in [0.2, 0.25) is 0 Å².